The van der Waals surface area contributed by atoms with Crippen LogP contribution in [0.4, 0.5) is 21.9 Å². The van der Waals surface area contributed by atoms with E-state index in [1.807, 2.05) is 18.2 Å². The van der Waals surface area contributed by atoms with Gasteiger partial charge in [0.1, 0.15) is 0 Å². The lowest BCUT2D eigenvalue weighted by Gasteiger charge is -2.17. The van der Waals surface area contributed by atoms with Crippen molar-refractivity contribution < 1.29 is 14.4 Å². The van der Waals surface area contributed by atoms with Crippen molar-refractivity contribution in [2.45, 2.75) is 16.6 Å². The molecule has 1 fully saturated rings. The van der Waals surface area contributed by atoms with E-state index >= 15 is 0 Å². The summed E-state index contributed by atoms with van der Waals surface area (Å²) in [5.74, 6) is -0.710. The minimum Gasteiger partial charge on any atom is -0.308 e. The Morgan fingerprint density at radius 1 is 0.844 bits per heavy atom. The summed E-state index contributed by atoms with van der Waals surface area (Å²) in [5.41, 5.74) is 1.50. The number of carbonyl (C=O) groups excluding carboxylic acids is 3. The van der Waals surface area contributed by atoms with Crippen LogP contribution in [0.3, 0.4) is 0 Å². The van der Waals surface area contributed by atoms with Gasteiger partial charge in [0.05, 0.1) is 21.0 Å². The van der Waals surface area contributed by atoms with Crippen molar-refractivity contribution in [1.29, 1.82) is 0 Å². The highest BCUT2D eigenvalue weighted by Gasteiger charge is 2.41. The standard InChI is InChI=1S/C23H17Cl2N3O3S/c24-17-7-4-8-18(25)21(17)28-20(29)13-19(22(28)30)32-16-11-9-15(10-12-16)27-23(31)26-14-5-2-1-3-6-14/h1-12,19H,13H2,(H2,26,27,31). The molecule has 0 spiro atoms. The van der Waals surface area contributed by atoms with Gasteiger partial charge in [-0.2, -0.15) is 0 Å². The minimum atomic E-state index is -0.588. The second kappa shape index (κ2) is 9.65. The number of imide groups is 1. The zero-order chi connectivity index (χ0) is 22.7. The summed E-state index contributed by atoms with van der Waals surface area (Å²) in [6, 6.07) is 20.6. The van der Waals surface area contributed by atoms with E-state index in [-0.39, 0.29) is 40.0 Å². The lowest BCUT2D eigenvalue weighted by Crippen LogP contribution is -2.31. The van der Waals surface area contributed by atoms with Gasteiger partial charge in [0.2, 0.25) is 11.8 Å². The molecule has 32 heavy (non-hydrogen) atoms. The second-order valence-corrected chi connectivity index (χ2v) is 9.01. The highest BCUT2D eigenvalue weighted by atomic mass is 35.5. The van der Waals surface area contributed by atoms with Crippen LogP contribution in [0.25, 0.3) is 0 Å². The van der Waals surface area contributed by atoms with Crippen molar-refractivity contribution >= 4 is 69.9 Å². The molecule has 2 N–H and O–H groups in total. The van der Waals surface area contributed by atoms with Gasteiger partial charge in [0.25, 0.3) is 0 Å². The molecule has 1 aliphatic heterocycles. The van der Waals surface area contributed by atoms with Crippen LogP contribution in [0, 0.1) is 0 Å². The van der Waals surface area contributed by atoms with Crippen LogP contribution in [0.2, 0.25) is 10.0 Å². The average molecular weight is 486 g/mol. The van der Waals surface area contributed by atoms with Crippen LogP contribution >= 0.6 is 35.0 Å². The second-order valence-electron chi connectivity index (χ2n) is 6.92. The molecule has 3 aromatic carbocycles. The van der Waals surface area contributed by atoms with Gasteiger partial charge in [0, 0.05) is 22.7 Å². The number of benzene rings is 3. The van der Waals surface area contributed by atoms with Crippen LogP contribution in [0.5, 0.6) is 0 Å². The lowest BCUT2D eigenvalue weighted by atomic mass is 10.3. The molecule has 3 aromatic rings. The third-order valence-electron chi connectivity index (χ3n) is 4.69. The first-order valence-electron chi connectivity index (χ1n) is 9.63. The van der Waals surface area contributed by atoms with Crippen LogP contribution in [0.1, 0.15) is 6.42 Å². The average Bonchev–Trinajstić information content (AvgIpc) is 3.03. The number of hydrogen-bond donors (Lipinski definition) is 2. The molecule has 1 heterocycles. The fraction of sp³-hybridized carbons (Fsp3) is 0.0870. The predicted octanol–water partition coefficient (Wildman–Crippen LogP) is 6.06. The van der Waals surface area contributed by atoms with Gasteiger partial charge in [-0.3, -0.25) is 9.59 Å². The Bertz CT molecular complexity index is 1150. The fourth-order valence-electron chi connectivity index (χ4n) is 3.23. The first kappa shape index (κ1) is 22.2. The van der Waals surface area contributed by atoms with Crippen LogP contribution < -0.4 is 15.5 Å². The summed E-state index contributed by atoms with van der Waals surface area (Å²) >= 11 is 13.6. The topological polar surface area (TPSA) is 78.5 Å². The summed E-state index contributed by atoms with van der Waals surface area (Å²) in [6.07, 6.45) is 0.0462. The van der Waals surface area contributed by atoms with E-state index in [1.165, 1.54) is 11.8 Å². The van der Waals surface area contributed by atoms with Crippen molar-refractivity contribution in [2.75, 3.05) is 15.5 Å². The summed E-state index contributed by atoms with van der Waals surface area (Å²) < 4.78 is 0. The molecule has 6 nitrogen and oxygen atoms in total. The zero-order valence-electron chi connectivity index (χ0n) is 16.5. The van der Waals surface area contributed by atoms with Gasteiger partial charge in [-0.05, 0) is 48.5 Å². The van der Waals surface area contributed by atoms with Gasteiger partial charge in [0.15, 0.2) is 0 Å². The molecule has 4 amide bonds. The minimum absolute atomic E-state index is 0.0462. The maximum absolute atomic E-state index is 12.9. The van der Waals surface area contributed by atoms with Gasteiger partial charge < -0.3 is 10.6 Å². The van der Waals surface area contributed by atoms with Crippen molar-refractivity contribution in [3.63, 3.8) is 0 Å². The van der Waals surface area contributed by atoms with Crippen molar-refractivity contribution in [1.82, 2.24) is 0 Å². The number of thioether (sulfide) groups is 1. The van der Waals surface area contributed by atoms with Crippen molar-refractivity contribution in [2.24, 2.45) is 0 Å². The largest absolute Gasteiger partial charge is 0.323 e. The van der Waals surface area contributed by atoms with E-state index < -0.39 is 5.25 Å². The van der Waals surface area contributed by atoms with Gasteiger partial charge in [-0.1, -0.05) is 47.5 Å². The Morgan fingerprint density at radius 3 is 2.06 bits per heavy atom. The van der Waals surface area contributed by atoms with Crippen molar-refractivity contribution in [3.8, 4) is 0 Å². The molecule has 1 atom stereocenters. The number of para-hydroxylation sites is 2. The van der Waals surface area contributed by atoms with Crippen LogP contribution in [-0.2, 0) is 9.59 Å². The quantitative estimate of drug-likeness (QED) is 0.430. The van der Waals surface area contributed by atoms with E-state index in [1.54, 1.807) is 54.6 Å². The number of amides is 4. The summed E-state index contributed by atoms with van der Waals surface area (Å²) in [4.78, 5) is 39.4. The van der Waals surface area contributed by atoms with Crippen LogP contribution in [0.15, 0.2) is 77.7 Å². The third kappa shape index (κ3) is 4.91. The van der Waals surface area contributed by atoms with E-state index in [0.717, 1.165) is 9.80 Å². The summed E-state index contributed by atoms with van der Waals surface area (Å²) in [7, 11) is 0. The number of halogens is 2. The Labute approximate surface area is 198 Å². The summed E-state index contributed by atoms with van der Waals surface area (Å²) in [5, 5.41) is 5.39. The third-order valence-corrected chi connectivity index (χ3v) is 6.50. The highest BCUT2D eigenvalue weighted by molar-refractivity contribution is 8.00. The number of urea groups is 1. The van der Waals surface area contributed by atoms with E-state index in [0.29, 0.717) is 11.4 Å². The van der Waals surface area contributed by atoms with Gasteiger partial charge in [-0.15, -0.1) is 11.8 Å². The molecular weight excluding hydrogens is 469 g/mol. The number of nitrogens with one attached hydrogen (secondary N) is 2. The Balaban J connectivity index is 1.40. The normalized spacial score (nSPS) is 15.7. The molecule has 0 aliphatic carbocycles. The monoisotopic (exact) mass is 485 g/mol. The van der Waals surface area contributed by atoms with E-state index in [4.69, 9.17) is 23.2 Å². The molecule has 0 aromatic heterocycles. The molecule has 0 radical (unpaired) electrons. The number of nitrogens with zero attached hydrogens (tertiary/aromatic N) is 1. The number of rotatable bonds is 5. The van der Waals surface area contributed by atoms with Crippen molar-refractivity contribution in [3.05, 3.63) is 82.8 Å². The fourth-order valence-corrected chi connectivity index (χ4v) is 4.85. The summed E-state index contributed by atoms with van der Waals surface area (Å²) in [6.45, 7) is 0. The molecular formula is C23H17Cl2N3O3S. The number of hydrogen-bond acceptors (Lipinski definition) is 4. The maximum Gasteiger partial charge on any atom is 0.323 e. The lowest BCUT2D eigenvalue weighted by molar-refractivity contribution is -0.121. The molecule has 0 saturated carbocycles. The Kier molecular flexibility index (Phi) is 6.69. The van der Waals surface area contributed by atoms with Gasteiger partial charge >= 0.3 is 6.03 Å². The SMILES string of the molecule is O=C(Nc1ccccc1)Nc1ccc(SC2CC(=O)N(c3c(Cl)cccc3Cl)C2=O)cc1. The van der Waals surface area contributed by atoms with E-state index in [2.05, 4.69) is 10.6 Å². The molecule has 162 valence electrons. The predicted molar refractivity (Wildman–Crippen MR) is 129 cm³/mol. The molecule has 9 heteroatoms. The maximum atomic E-state index is 12.9. The highest BCUT2D eigenvalue weighted by Crippen LogP contribution is 2.40. The van der Waals surface area contributed by atoms with Gasteiger partial charge in [-0.25, -0.2) is 9.69 Å². The molecule has 1 unspecified atom stereocenters. The molecule has 0 bridgehead atoms. The number of anilines is 3. The molecule has 4 rings (SSSR count). The Morgan fingerprint density at radius 2 is 1.44 bits per heavy atom. The Hall–Kier alpha value is -3.00. The molecule has 1 aliphatic rings. The van der Waals surface area contributed by atoms with E-state index in [9.17, 15) is 14.4 Å². The number of carbonyl (C=O) groups is 3. The smallest absolute Gasteiger partial charge is 0.308 e. The zero-order valence-corrected chi connectivity index (χ0v) is 18.9. The molecule has 1 saturated heterocycles. The first-order chi connectivity index (χ1) is 15.4. The first-order valence-corrected chi connectivity index (χ1v) is 11.3. The van der Waals surface area contributed by atoms with Crippen LogP contribution in [-0.4, -0.2) is 23.1 Å².